The lowest BCUT2D eigenvalue weighted by Gasteiger charge is -2.19. The van der Waals surface area contributed by atoms with Crippen molar-refractivity contribution in [3.8, 4) is 0 Å². The van der Waals surface area contributed by atoms with Crippen molar-refractivity contribution < 1.29 is 4.39 Å². The third-order valence-corrected chi connectivity index (χ3v) is 4.40. The molecule has 0 radical (unpaired) electrons. The summed E-state index contributed by atoms with van der Waals surface area (Å²) in [6, 6.07) is 3.39. The molecule has 0 saturated heterocycles. The number of hydrogen-bond donors (Lipinski definition) is 0. The van der Waals surface area contributed by atoms with Crippen LogP contribution in [0, 0.1) is 12.7 Å². The lowest BCUT2D eigenvalue weighted by molar-refractivity contribution is 0.634. The standard InChI is InChI=1S/C10H14ClFSi/c1-7-5-8(11)10(9(12)6-7)13(2,3)4/h5-6H,1-4H3. The van der Waals surface area contributed by atoms with Gasteiger partial charge >= 0.3 is 0 Å². The SMILES string of the molecule is Cc1cc(F)c([Si](C)(C)C)c(Cl)c1. The van der Waals surface area contributed by atoms with E-state index in [1.807, 2.05) is 13.0 Å². The monoisotopic (exact) mass is 216 g/mol. The summed E-state index contributed by atoms with van der Waals surface area (Å²) in [5.41, 5.74) is 0.879. The maximum atomic E-state index is 13.6. The molecule has 3 heteroatoms. The minimum atomic E-state index is -1.65. The van der Waals surface area contributed by atoms with Crippen LogP contribution in [0.25, 0.3) is 0 Å². The van der Waals surface area contributed by atoms with E-state index in [2.05, 4.69) is 19.6 Å². The molecule has 0 nitrogen and oxygen atoms in total. The smallest absolute Gasteiger partial charge is 0.124 e. The first-order valence-electron chi connectivity index (χ1n) is 4.28. The fraction of sp³-hybridized carbons (Fsp3) is 0.400. The van der Waals surface area contributed by atoms with Crippen LogP contribution in [0.3, 0.4) is 0 Å². The predicted octanol–water partition coefficient (Wildman–Crippen LogP) is 3.33. The van der Waals surface area contributed by atoms with E-state index in [0.29, 0.717) is 5.02 Å². The Labute approximate surface area is 84.7 Å². The molecule has 0 bridgehead atoms. The van der Waals surface area contributed by atoms with Gasteiger partial charge in [-0.15, -0.1) is 0 Å². The van der Waals surface area contributed by atoms with Gasteiger partial charge in [0.05, 0.1) is 8.07 Å². The summed E-state index contributed by atoms with van der Waals surface area (Å²) in [5, 5.41) is 1.32. The van der Waals surface area contributed by atoms with Gasteiger partial charge in [0, 0.05) is 5.02 Å². The van der Waals surface area contributed by atoms with Crippen LogP contribution in [0.1, 0.15) is 5.56 Å². The Morgan fingerprint density at radius 3 is 2.15 bits per heavy atom. The average molecular weight is 217 g/mol. The summed E-state index contributed by atoms with van der Waals surface area (Å²) >= 11 is 6.01. The van der Waals surface area contributed by atoms with Gasteiger partial charge in [0.1, 0.15) is 5.82 Å². The quantitative estimate of drug-likeness (QED) is 0.632. The molecule has 0 saturated carbocycles. The Kier molecular flexibility index (Phi) is 2.83. The molecule has 0 aliphatic carbocycles. The van der Waals surface area contributed by atoms with Gasteiger partial charge in [-0.05, 0) is 29.8 Å². The molecule has 0 N–H and O–H groups in total. The summed E-state index contributed by atoms with van der Waals surface area (Å²) in [4.78, 5) is 0. The highest BCUT2D eigenvalue weighted by molar-refractivity contribution is 6.90. The Hall–Kier alpha value is -0.343. The maximum Gasteiger partial charge on any atom is 0.124 e. The first kappa shape index (κ1) is 10.7. The van der Waals surface area contributed by atoms with Crippen LogP contribution in [0.4, 0.5) is 4.39 Å². The van der Waals surface area contributed by atoms with Crippen molar-refractivity contribution in [2.45, 2.75) is 26.6 Å². The van der Waals surface area contributed by atoms with E-state index in [1.165, 1.54) is 0 Å². The van der Waals surface area contributed by atoms with Crippen molar-refractivity contribution in [1.82, 2.24) is 0 Å². The lowest BCUT2D eigenvalue weighted by Crippen LogP contribution is -2.40. The van der Waals surface area contributed by atoms with Crippen LogP contribution >= 0.6 is 11.6 Å². The predicted molar refractivity (Wildman–Crippen MR) is 59.1 cm³/mol. The molecule has 0 unspecified atom stereocenters. The molecule has 0 aliphatic heterocycles. The molecule has 72 valence electrons. The van der Waals surface area contributed by atoms with E-state index in [-0.39, 0.29) is 5.82 Å². The highest BCUT2D eigenvalue weighted by atomic mass is 35.5. The zero-order chi connectivity index (χ0) is 10.2. The zero-order valence-corrected chi connectivity index (χ0v) is 10.2. The molecular weight excluding hydrogens is 203 g/mol. The molecule has 1 aromatic carbocycles. The van der Waals surface area contributed by atoms with E-state index < -0.39 is 8.07 Å². The van der Waals surface area contributed by atoms with E-state index in [4.69, 9.17) is 11.6 Å². The molecule has 1 aromatic rings. The summed E-state index contributed by atoms with van der Waals surface area (Å²) in [6.45, 7) is 8.12. The first-order chi connectivity index (χ1) is 5.82. The molecule has 0 atom stereocenters. The number of halogens is 2. The van der Waals surface area contributed by atoms with Crippen molar-refractivity contribution in [2.24, 2.45) is 0 Å². The number of hydrogen-bond acceptors (Lipinski definition) is 0. The molecular formula is C10H14ClFSi. The van der Waals surface area contributed by atoms with Crippen LogP contribution < -0.4 is 5.19 Å². The van der Waals surface area contributed by atoms with Crippen LogP contribution in [-0.4, -0.2) is 8.07 Å². The average Bonchev–Trinajstić information content (AvgIpc) is 1.78. The Morgan fingerprint density at radius 2 is 1.77 bits per heavy atom. The first-order valence-corrected chi connectivity index (χ1v) is 8.16. The van der Waals surface area contributed by atoms with Crippen molar-refractivity contribution in [2.75, 3.05) is 0 Å². The molecule has 0 spiro atoms. The maximum absolute atomic E-state index is 13.6. The molecule has 1 rings (SSSR count). The van der Waals surface area contributed by atoms with Gasteiger partial charge in [-0.25, -0.2) is 4.39 Å². The van der Waals surface area contributed by atoms with Crippen LogP contribution in [0.15, 0.2) is 12.1 Å². The molecule has 0 aliphatic rings. The summed E-state index contributed by atoms with van der Waals surface area (Å²) in [6.07, 6.45) is 0. The highest BCUT2D eigenvalue weighted by Gasteiger charge is 2.23. The fourth-order valence-corrected chi connectivity index (χ4v) is 4.11. The second kappa shape index (κ2) is 3.43. The largest absolute Gasteiger partial charge is 0.207 e. The Bertz CT molecular complexity index is 305. The molecule has 0 fully saturated rings. The van der Waals surface area contributed by atoms with Gasteiger partial charge in [-0.2, -0.15) is 0 Å². The van der Waals surface area contributed by atoms with Crippen molar-refractivity contribution >= 4 is 24.9 Å². The van der Waals surface area contributed by atoms with Gasteiger partial charge < -0.3 is 0 Å². The zero-order valence-electron chi connectivity index (χ0n) is 8.41. The third kappa shape index (κ3) is 2.32. The fourth-order valence-electron chi connectivity index (χ4n) is 1.42. The van der Waals surface area contributed by atoms with Crippen LogP contribution in [0.2, 0.25) is 24.7 Å². The minimum absolute atomic E-state index is 0.149. The van der Waals surface area contributed by atoms with Crippen molar-refractivity contribution in [3.63, 3.8) is 0 Å². The summed E-state index contributed by atoms with van der Waals surface area (Å²) in [7, 11) is -1.65. The number of benzene rings is 1. The van der Waals surface area contributed by atoms with E-state index in [1.54, 1.807) is 6.07 Å². The Morgan fingerprint density at radius 1 is 1.23 bits per heavy atom. The summed E-state index contributed by atoms with van der Waals surface area (Å²) < 4.78 is 13.6. The van der Waals surface area contributed by atoms with Crippen molar-refractivity contribution in [1.29, 1.82) is 0 Å². The topological polar surface area (TPSA) is 0 Å². The molecule has 0 heterocycles. The molecule has 0 amide bonds. The van der Waals surface area contributed by atoms with E-state index >= 15 is 0 Å². The van der Waals surface area contributed by atoms with Crippen molar-refractivity contribution in [3.05, 3.63) is 28.5 Å². The van der Waals surface area contributed by atoms with Gasteiger partial charge in [0.25, 0.3) is 0 Å². The van der Waals surface area contributed by atoms with Crippen LogP contribution in [-0.2, 0) is 0 Å². The number of aryl methyl sites for hydroxylation is 1. The number of rotatable bonds is 1. The van der Waals surface area contributed by atoms with E-state index in [9.17, 15) is 4.39 Å². The lowest BCUT2D eigenvalue weighted by atomic mass is 10.2. The normalized spacial score (nSPS) is 11.8. The van der Waals surface area contributed by atoms with Gasteiger partial charge in [0.15, 0.2) is 0 Å². The minimum Gasteiger partial charge on any atom is -0.207 e. The second-order valence-corrected chi connectivity index (χ2v) is 9.76. The molecule has 0 aromatic heterocycles. The summed E-state index contributed by atoms with van der Waals surface area (Å²) in [5.74, 6) is -0.149. The van der Waals surface area contributed by atoms with Gasteiger partial charge in [0.2, 0.25) is 0 Å². The molecule has 13 heavy (non-hydrogen) atoms. The highest BCUT2D eigenvalue weighted by Crippen LogP contribution is 2.17. The van der Waals surface area contributed by atoms with Gasteiger partial charge in [-0.3, -0.25) is 0 Å². The van der Waals surface area contributed by atoms with E-state index in [0.717, 1.165) is 10.8 Å². The second-order valence-electron chi connectivity index (χ2n) is 4.35. The van der Waals surface area contributed by atoms with Gasteiger partial charge in [-0.1, -0.05) is 31.2 Å². The third-order valence-electron chi connectivity index (χ3n) is 1.94. The van der Waals surface area contributed by atoms with Crippen LogP contribution in [0.5, 0.6) is 0 Å². The Balaban J connectivity index is 3.38.